The van der Waals surface area contributed by atoms with Crippen LogP contribution in [0, 0.1) is 18.3 Å². The number of aromatic nitrogens is 3. The molecule has 5 rings (SSSR count). The number of hydrogen-bond donors (Lipinski definition) is 2. The number of amides is 1. The van der Waals surface area contributed by atoms with Gasteiger partial charge in [0.15, 0.2) is 0 Å². The quantitative estimate of drug-likeness (QED) is 0.682. The number of aryl methyl sites for hydroxylation is 1. The molecule has 0 spiro atoms. The summed E-state index contributed by atoms with van der Waals surface area (Å²) in [7, 11) is 2.00. The minimum Gasteiger partial charge on any atom is -0.347 e. The molecule has 3 heterocycles. The molecule has 156 valence electrons. The van der Waals surface area contributed by atoms with Gasteiger partial charge in [-0.15, -0.1) is 0 Å². The summed E-state index contributed by atoms with van der Waals surface area (Å²) in [6.07, 6.45) is 3.19. The van der Waals surface area contributed by atoms with Gasteiger partial charge in [0, 0.05) is 42.7 Å². The summed E-state index contributed by atoms with van der Waals surface area (Å²) >= 11 is 0. The Morgan fingerprint density at radius 1 is 1.27 bits per heavy atom. The van der Waals surface area contributed by atoms with Crippen molar-refractivity contribution in [1.82, 2.24) is 25.2 Å². The Hall–Kier alpha value is -2.80. The zero-order valence-corrected chi connectivity index (χ0v) is 17.4. The molecule has 2 fully saturated rings. The van der Waals surface area contributed by atoms with Crippen molar-refractivity contribution in [2.45, 2.75) is 32.5 Å². The van der Waals surface area contributed by atoms with E-state index in [4.69, 9.17) is 0 Å². The lowest BCUT2D eigenvalue weighted by molar-refractivity contribution is -0.127. The third-order valence-corrected chi connectivity index (χ3v) is 6.83. The van der Waals surface area contributed by atoms with Gasteiger partial charge < -0.3 is 15.2 Å². The van der Waals surface area contributed by atoms with E-state index < -0.39 is 17.6 Å². The Bertz CT molecular complexity index is 1140. The molecule has 6 nitrogen and oxygen atoms in total. The molecular weight excluding hydrogens is 381 g/mol. The second-order valence-electron chi connectivity index (χ2n) is 8.90. The van der Waals surface area contributed by atoms with Crippen LogP contribution in [0.1, 0.15) is 30.9 Å². The van der Waals surface area contributed by atoms with Crippen LogP contribution >= 0.6 is 0 Å². The van der Waals surface area contributed by atoms with Crippen LogP contribution in [0.25, 0.3) is 22.0 Å². The smallest absolute Gasteiger partial charge is 0.226 e. The Morgan fingerprint density at radius 2 is 2.03 bits per heavy atom. The molecule has 1 saturated carbocycles. The highest BCUT2D eigenvalue weighted by Gasteiger charge is 2.58. The van der Waals surface area contributed by atoms with E-state index >= 15 is 0 Å². The van der Waals surface area contributed by atoms with E-state index in [-0.39, 0.29) is 11.8 Å². The van der Waals surface area contributed by atoms with Gasteiger partial charge in [-0.25, -0.2) is 9.37 Å². The van der Waals surface area contributed by atoms with Crippen LogP contribution in [0.4, 0.5) is 4.39 Å². The van der Waals surface area contributed by atoms with E-state index in [9.17, 15) is 9.18 Å². The SMILES string of the molecule is Cc1ncc(-c2ccc3cnc(C(NC(=O)C4CNC4)C4(C)CC4F)cc3c2)n1C. The molecule has 7 heteroatoms. The maximum Gasteiger partial charge on any atom is 0.226 e. The number of halogens is 1. The van der Waals surface area contributed by atoms with Gasteiger partial charge in [-0.2, -0.15) is 0 Å². The maximum atomic E-state index is 14.3. The lowest BCUT2D eigenvalue weighted by atomic mass is 9.92. The number of fused-ring (bicyclic) bond motifs is 1. The van der Waals surface area contributed by atoms with E-state index in [0.717, 1.165) is 27.9 Å². The predicted octanol–water partition coefficient (Wildman–Crippen LogP) is 3.07. The number of imidazole rings is 1. The average molecular weight is 407 g/mol. The second kappa shape index (κ2) is 6.87. The number of nitrogens with zero attached hydrogens (tertiary/aromatic N) is 3. The van der Waals surface area contributed by atoms with E-state index in [1.807, 2.05) is 45.4 Å². The molecule has 3 aromatic rings. The third-order valence-electron chi connectivity index (χ3n) is 6.83. The first-order chi connectivity index (χ1) is 14.4. The van der Waals surface area contributed by atoms with Crippen LogP contribution < -0.4 is 10.6 Å². The summed E-state index contributed by atoms with van der Waals surface area (Å²) < 4.78 is 16.3. The number of pyridine rings is 1. The largest absolute Gasteiger partial charge is 0.347 e. The van der Waals surface area contributed by atoms with Crippen LogP contribution in [0.5, 0.6) is 0 Å². The minimum absolute atomic E-state index is 0.0277. The van der Waals surface area contributed by atoms with Crippen molar-refractivity contribution in [2.24, 2.45) is 18.4 Å². The number of alkyl halides is 1. The first-order valence-corrected chi connectivity index (χ1v) is 10.4. The molecule has 1 amide bonds. The number of nitrogens with one attached hydrogen (secondary N) is 2. The first kappa shape index (κ1) is 19.2. The lowest BCUT2D eigenvalue weighted by Gasteiger charge is -2.31. The van der Waals surface area contributed by atoms with Gasteiger partial charge in [0.05, 0.1) is 29.5 Å². The van der Waals surface area contributed by atoms with Crippen LogP contribution in [0.2, 0.25) is 0 Å². The first-order valence-electron chi connectivity index (χ1n) is 10.4. The Kier molecular flexibility index (Phi) is 4.39. The standard InChI is InChI=1S/C23H26FN5O/c1-13-26-12-19(29(13)3)14-4-5-15-11-27-18(7-16(15)6-14)21(23(2)8-20(23)24)28-22(30)17-9-25-10-17/h4-7,11-12,17,20-21,25H,8-10H2,1-3H3,(H,28,30). The molecular formula is C23H26FN5O. The van der Waals surface area contributed by atoms with E-state index in [1.54, 1.807) is 0 Å². The van der Waals surface area contributed by atoms with Gasteiger partial charge in [0.2, 0.25) is 5.91 Å². The Balaban J connectivity index is 1.52. The lowest BCUT2D eigenvalue weighted by Crippen LogP contribution is -2.52. The van der Waals surface area contributed by atoms with Crippen molar-refractivity contribution >= 4 is 16.7 Å². The number of carbonyl (C=O) groups is 1. The summed E-state index contributed by atoms with van der Waals surface area (Å²) in [5.41, 5.74) is 2.20. The number of hydrogen-bond acceptors (Lipinski definition) is 4. The fourth-order valence-electron chi connectivity index (χ4n) is 4.18. The van der Waals surface area contributed by atoms with Crippen molar-refractivity contribution < 1.29 is 9.18 Å². The van der Waals surface area contributed by atoms with Crippen molar-refractivity contribution in [1.29, 1.82) is 0 Å². The highest BCUT2D eigenvalue weighted by molar-refractivity contribution is 5.87. The van der Waals surface area contributed by atoms with Crippen LogP contribution in [0.3, 0.4) is 0 Å². The number of rotatable bonds is 5. The van der Waals surface area contributed by atoms with E-state index in [2.05, 4.69) is 37.3 Å². The zero-order valence-electron chi connectivity index (χ0n) is 17.4. The van der Waals surface area contributed by atoms with Gasteiger partial charge in [0.1, 0.15) is 12.0 Å². The highest BCUT2D eigenvalue weighted by atomic mass is 19.1. The molecule has 1 aromatic carbocycles. The molecule has 0 bridgehead atoms. The zero-order chi connectivity index (χ0) is 21.0. The fraction of sp³-hybridized carbons (Fsp3) is 0.435. The number of benzene rings is 1. The predicted molar refractivity (Wildman–Crippen MR) is 114 cm³/mol. The van der Waals surface area contributed by atoms with Crippen LogP contribution in [-0.4, -0.2) is 39.7 Å². The molecule has 2 aliphatic rings. The van der Waals surface area contributed by atoms with Crippen molar-refractivity contribution in [3.8, 4) is 11.3 Å². The summed E-state index contributed by atoms with van der Waals surface area (Å²) in [4.78, 5) is 21.6. The monoisotopic (exact) mass is 407 g/mol. The van der Waals surface area contributed by atoms with Gasteiger partial charge in [-0.1, -0.05) is 19.1 Å². The summed E-state index contributed by atoms with van der Waals surface area (Å²) in [5.74, 6) is 0.873. The van der Waals surface area contributed by atoms with E-state index in [0.29, 0.717) is 25.2 Å². The molecule has 0 radical (unpaired) electrons. The van der Waals surface area contributed by atoms with Gasteiger partial charge in [0.25, 0.3) is 0 Å². The van der Waals surface area contributed by atoms with Gasteiger partial charge in [-0.05, 0) is 30.9 Å². The average Bonchev–Trinajstić information content (AvgIpc) is 3.16. The molecule has 2 N–H and O–H groups in total. The minimum atomic E-state index is -0.927. The summed E-state index contributed by atoms with van der Waals surface area (Å²) in [5, 5.41) is 8.23. The second-order valence-corrected chi connectivity index (χ2v) is 8.90. The molecule has 30 heavy (non-hydrogen) atoms. The fourth-order valence-corrected chi connectivity index (χ4v) is 4.18. The topological polar surface area (TPSA) is 71.8 Å². The molecule has 2 aromatic heterocycles. The third kappa shape index (κ3) is 3.08. The van der Waals surface area contributed by atoms with Gasteiger partial charge >= 0.3 is 0 Å². The highest BCUT2D eigenvalue weighted by Crippen LogP contribution is 2.56. The Morgan fingerprint density at radius 3 is 2.63 bits per heavy atom. The van der Waals surface area contributed by atoms with Gasteiger partial charge in [-0.3, -0.25) is 9.78 Å². The molecule has 3 unspecified atom stereocenters. The number of carbonyl (C=O) groups excluding carboxylic acids is 1. The van der Waals surface area contributed by atoms with Crippen LogP contribution in [-0.2, 0) is 11.8 Å². The van der Waals surface area contributed by atoms with Crippen LogP contribution in [0.15, 0.2) is 36.7 Å². The van der Waals surface area contributed by atoms with E-state index in [1.165, 1.54) is 0 Å². The molecule has 1 aliphatic heterocycles. The molecule has 1 aliphatic carbocycles. The van der Waals surface area contributed by atoms with Crippen molar-refractivity contribution in [2.75, 3.05) is 13.1 Å². The normalized spacial score (nSPS) is 24.5. The molecule has 3 atom stereocenters. The Labute approximate surface area is 174 Å². The van der Waals surface area contributed by atoms with Crippen molar-refractivity contribution in [3.63, 3.8) is 0 Å². The maximum absolute atomic E-state index is 14.3. The summed E-state index contributed by atoms with van der Waals surface area (Å²) in [6, 6.07) is 7.75. The van der Waals surface area contributed by atoms with Crippen molar-refractivity contribution in [3.05, 3.63) is 48.2 Å². The summed E-state index contributed by atoms with van der Waals surface area (Å²) in [6.45, 7) is 5.21. The molecule has 1 saturated heterocycles.